The van der Waals surface area contributed by atoms with Gasteiger partial charge in [0, 0.05) is 37.6 Å². The molecule has 1 aliphatic rings. The van der Waals surface area contributed by atoms with E-state index in [0.717, 1.165) is 19.6 Å². The Kier molecular flexibility index (Phi) is 9.38. The highest BCUT2D eigenvalue weighted by Gasteiger charge is 2.28. The molecule has 1 aliphatic heterocycles. The van der Waals surface area contributed by atoms with Gasteiger partial charge in [0.15, 0.2) is 0 Å². The number of nitrogens with zero attached hydrogens (tertiary/aromatic N) is 2. The Bertz CT molecular complexity index is 933. The number of halogens is 2. The number of anilines is 2. The number of sulfonamides is 1. The number of likely N-dealkylation sites (N-methyl/N-ethyl adjacent to an activating group) is 1. The lowest BCUT2D eigenvalue weighted by Gasteiger charge is -2.33. The van der Waals surface area contributed by atoms with E-state index in [2.05, 4.69) is 17.1 Å². The Morgan fingerprint density at radius 1 is 1.03 bits per heavy atom. The highest BCUT2D eigenvalue weighted by Crippen LogP contribution is 2.22. The van der Waals surface area contributed by atoms with E-state index >= 15 is 0 Å². The summed E-state index contributed by atoms with van der Waals surface area (Å²) < 4.78 is 27.3. The molecule has 3 N–H and O–H groups in total. The summed E-state index contributed by atoms with van der Waals surface area (Å²) >= 11 is 0. The Labute approximate surface area is 184 Å². The van der Waals surface area contributed by atoms with E-state index in [-0.39, 0.29) is 35.6 Å². The number of nitrogens with one attached hydrogen (secondary N) is 1. The molecule has 1 amide bonds. The van der Waals surface area contributed by atoms with E-state index in [4.69, 9.17) is 5.73 Å². The van der Waals surface area contributed by atoms with Gasteiger partial charge in [-0.25, -0.2) is 8.42 Å². The first kappa shape index (κ1) is 25.2. The van der Waals surface area contributed by atoms with Crippen molar-refractivity contribution in [2.24, 2.45) is 0 Å². The molecule has 0 aliphatic carbocycles. The van der Waals surface area contributed by atoms with E-state index in [0.29, 0.717) is 30.0 Å². The minimum absolute atomic E-state index is 0. The third-order valence-corrected chi connectivity index (χ3v) is 6.61. The third-order valence-electron chi connectivity index (χ3n) is 4.71. The molecule has 1 heterocycles. The first-order chi connectivity index (χ1) is 12.9. The number of benzene rings is 2. The molecule has 1 saturated heterocycles. The molecule has 2 aromatic rings. The molecule has 0 radical (unpaired) electrons. The summed E-state index contributed by atoms with van der Waals surface area (Å²) in [5, 5.41) is 2.72. The number of rotatable bonds is 5. The third kappa shape index (κ3) is 5.83. The molecule has 29 heavy (non-hydrogen) atoms. The van der Waals surface area contributed by atoms with E-state index in [1.807, 2.05) is 0 Å². The van der Waals surface area contributed by atoms with Crippen LogP contribution in [0.5, 0.6) is 0 Å². The summed E-state index contributed by atoms with van der Waals surface area (Å²) in [7, 11) is -3.59. The highest BCUT2D eigenvalue weighted by atomic mass is 35.5. The molecular formula is C19H26Cl2N4O3S. The molecule has 0 atom stereocenters. The van der Waals surface area contributed by atoms with Crippen LogP contribution in [0.4, 0.5) is 11.4 Å². The minimum atomic E-state index is -3.59. The van der Waals surface area contributed by atoms with Crippen LogP contribution in [-0.4, -0.2) is 56.3 Å². The number of hydrogen-bond acceptors (Lipinski definition) is 5. The van der Waals surface area contributed by atoms with Crippen molar-refractivity contribution in [3.8, 4) is 0 Å². The number of nitrogens with two attached hydrogens (primary N) is 1. The summed E-state index contributed by atoms with van der Waals surface area (Å²) in [6.07, 6.45) is 0. The van der Waals surface area contributed by atoms with Crippen molar-refractivity contribution in [3.05, 3.63) is 54.1 Å². The topological polar surface area (TPSA) is 95.7 Å². The molecule has 0 unspecified atom stereocenters. The molecule has 0 spiro atoms. The lowest BCUT2D eigenvalue weighted by Crippen LogP contribution is -2.48. The number of piperazine rings is 1. The summed E-state index contributed by atoms with van der Waals surface area (Å²) in [6.45, 7) is 5.35. The fourth-order valence-electron chi connectivity index (χ4n) is 3.07. The summed E-state index contributed by atoms with van der Waals surface area (Å²) in [5.41, 5.74) is 6.96. The molecule has 1 fully saturated rings. The van der Waals surface area contributed by atoms with E-state index < -0.39 is 10.0 Å². The van der Waals surface area contributed by atoms with Gasteiger partial charge in [-0.1, -0.05) is 25.1 Å². The van der Waals surface area contributed by atoms with Crippen LogP contribution in [0.2, 0.25) is 0 Å². The molecule has 3 rings (SSSR count). The van der Waals surface area contributed by atoms with Crippen LogP contribution in [0.15, 0.2) is 53.4 Å². The Hall–Kier alpha value is -1.84. The standard InChI is InChI=1S/C19H24N4O3S.2ClH/c1-2-22-10-12-23(13-11-22)27(25,26)16-7-5-6-15(14-16)21-19(24)17-8-3-4-9-18(17)20;;/h3-9,14H,2,10-13,20H2,1H3,(H,21,24);2*1H. The fraction of sp³-hybridized carbons (Fsp3) is 0.316. The van der Waals surface area contributed by atoms with Gasteiger partial charge in [0.25, 0.3) is 5.91 Å². The maximum absolute atomic E-state index is 12.9. The average molecular weight is 461 g/mol. The monoisotopic (exact) mass is 460 g/mol. The number of amides is 1. The van der Waals surface area contributed by atoms with Crippen LogP contribution in [0.1, 0.15) is 17.3 Å². The van der Waals surface area contributed by atoms with E-state index in [1.165, 1.54) is 10.4 Å². The van der Waals surface area contributed by atoms with Crippen LogP contribution in [0.3, 0.4) is 0 Å². The fourth-order valence-corrected chi connectivity index (χ4v) is 4.54. The largest absolute Gasteiger partial charge is 0.398 e. The predicted molar refractivity (Wildman–Crippen MR) is 121 cm³/mol. The van der Waals surface area contributed by atoms with Crippen molar-refractivity contribution >= 4 is 52.1 Å². The van der Waals surface area contributed by atoms with E-state index in [1.54, 1.807) is 42.5 Å². The SMILES string of the molecule is CCN1CCN(S(=O)(=O)c2cccc(NC(=O)c3ccccc3N)c2)CC1.Cl.Cl. The first-order valence-electron chi connectivity index (χ1n) is 8.90. The van der Waals surface area contributed by atoms with Crippen molar-refractivity contribution in [3.63, 3.8) is 0 Å². The molecule has 7 nitrogen and oxygen atoms in total. The van der Waals surface area contributed by atoms with Crippen LogP contribution >= 0.6 is 24.8 Å². The van der Waals surface area contributed by atoms with Gasteiger partial charge in [-0.15, -0.1) is 24.8 Å². The molecule has 160 valence electrons. The van der Waals surface area contributed by atoms with Crippen molar-refractivity contribution in [1.82, 2.24) is 9.21 Å². The quantitative estimate of drug-likeness (QED) is 0.668. The molecular weight excluding hydrogens is 435 g/mol. The minimum Gasteiger partial charge on any atom is -0.398 e. The van der Waals surface area contributed by atoms with Crippen LogP contribution in [0.25, 0.3) is 0 Å². The Balaban J connectivity index is 0.00000210. The number of carbonyl (C=O) groups excluding carboxylic acids is 1. The normalized spacial score (nSPS) is 15.1. The maximum Gasteiger partial charge on any atom is 0.257 e. The second kappa shape index (κ2) is 10.8. The van der Waals surface area contributed by atoms with Gasteiger partial charge < -0.3 is 16.0 Å². The summed E-state index contributed by atoms with van der Waals surface area (Å²) in [5.74, 6) is -0.376. The van der Waals surface area contributed by atoms with Crippen LogP contribution in [0, 0.1) is 0 Å². The second-order valence-corrected chi connectivity index (χ2v) is 8.35. The average Bonchev–Trinajstić information content (AvgIpc) is 2.68. The number of hydrogen-bond donors (Lipinski definition) is 2. The van der Waals surface area contributed by atoms with Crippen LogP contribution < -0.4 is 11.1 Å². The molecule has 2 aromatic carbocycles. The smallest absolute Gasteiger partial charge is 0.257 e. The maximum atomic E-state index is 12.9. The van der Waals surface area contributed by atoms with Gasteiger partial charge >= 0.3 is 0 Å². The van der Waals surface area contributed by atoms with Gasteiger partial charge in [-0.2, -0.15) is 4.31 Å². The lowest BCUT2D eigenvalue weighted by molar-refractivity contribution is 0.102. The molecule has 0 saturated carbocycles. The van der Waals surface area contributed by atoms with E-state index in [9.17, 15) is 13.2 Å². The van der Waals surface area contributed by atoms with Crippen molar-refractivity contribution in [2.45, 2.75) is 11.8 Å². The molecule has 0 bridgehead atoms. The number of nitrogen functional groups attached to an aromatic ring is 1. The van der Waals surface area contributed by atoms with Gasteiger partial charge in [0.1, 0.15) is 0 Å². The number of carbonyl (C=O) groups is 1. The van der Waals surface area contributed by atoms with Gasteiger partial charge in [0.05, 0.1) is 10.5 Å². The highest BCUT2D eigenvalue weighted by molar-refractivity contribution is 7.89. The van der Waals surface area contributed by atoms with Crippen molar-refractivity contribution < 1.29 is 13.2 Å². The zero-order valence-electron chi connectivity index (χ0n) is 16.1. The first-order valence-corrected chi connectivity index (χ1v) is 10.3. The van der Waals surface area contributed by atoms with Crippen molar-refractivity contribution in [2.75, 3.05) is 43.8 Å². The molecule has 0 aromatic heterocycles. The van der Waals surface area contributed by atoms with Crippen LogP contribution in [-0.2, 0) is 10.0 Å². The predicted octanol–water partition coefficient (Wildman–Crippen LogP) is 2.69. The summed E-state index contributed by atoms with van der Waals surface area (Å²) in [4.78, 5) is 14.8. The lowest BCUT2D eigenvalue weighted by atomic mass is 10.1. The van der Waals surface area contributed by atoms with Gasteiger partial charge in [-0.05, 0) is 36.9 Å². The second-order valence-electron chi connectivity index (χ2n) is 6.41. The number of para-hydroxylation sites is 1. The zero-order chi connectivity index (χ0) is 19.4. The van der Waals surface area contributed by atoms with Gasteiger partial charge in [-0.3, -0.25) is 4.79 Å². The van der Waals surface area contributed by atoms with Crippen molar-refractivity contribution in [1.29, 1.82) is 0 Å². The van der Waals surface area contributed by atoms with Gasteiger partial charge in [0.2, 0.25) is 10.0 Å². The summed E-state index contributed by atoms with van der Waals surface area (Å²) in [6, 6.07) is 13.1. The zero-order valence-corrected chi connectivity index (χ0v) is 18.5. The molecule has 10 heteroatoms. The Morgan fingerprint density at radius 2 is 1.69 bits per heavy atom. The Morgan fingerprint density at radius 3 is 2.31 bits per heavy atom.